The van der Waals surface area contributed by atoms with E-state index in [2.05, 4.69) is 176 Å². The van der Waals surface area contributed by atoms with E-state index in [-0.39, 0.29) is 5.41 Å². The molecule has 256 valence electrons. The van der Waals surface area contributed by atoms with Gasteiger partial charge in [0.15, 0.2) is 5.58 Å². The first-order chi connectivity index (χ1) is 26.5. The van der Waals surface area contributed by atoms with Crippen molar-refractivity contribution in [3.8, 4) is 33.4 Å². The van der Waals surface area contributed by atoms with Crippen molar-refractivity contribution in [2.45, 2.75) is 19.3 Å². The Balaban J connectivity index is 1.23. The van der Waals surface area contributed by atoms with Crippen LogP contribution in [-0.2, 0) is 5.41 Å². The average Bonchev–Trinajstić information content (AvgIpc) is 3.87. The minimum atomic E-state index is -0.160. The van der Waals surface area contributed by atoms with Gasteiger partial charge in [-0.1, -0.05) is 141 Å². The number of fused-ring (bicyclic) bond motifs is 10. The molecule has 2 aromatic heterocycles. The Kier molecular flexibility index (Phi) is 6.60. The van der Waals surface area contributed by atoms with E-state index in [0.717, 1.165) is 72.1 Å². The third-order valence-corrected chi connectivity index (χ3v) is 11.5. The number of rotatable bonds is 5. The molecule has 10 aromatic rings. The first-order valence-electron chi connectivity index (χ1n) is 18.6. The normalized spacial score (nSPS) is 13.1. The minimum Gasteiger partial charge on any atom is -0.456 e. The van der Waals surface area contributed by atoms with Crippen LogP contribution in [0.15, 0.2) is 185 Å². The fourth-order valence-electron chi connectivity index (χ4n) is 8.88. The van der Waals surface area contributed by atoms with E-state index in [4.69, 9.17) is 8.83 Å². The summed E-state index contributed by atoms with van der Waals surface area (Å²) in [6, 6.07) is 62.9. The SMILES string of the molecule is CC1(C)c2ccccc2-c2ccc(N(c3ccc(-c4ccccc4)cc3)c3c(-c4ccccc4)ccc4c3oc3ccc5oc6ccccc6c5c34)cc21. The van der Waals surface area contributed by atoms with Crippen molar-refractivity contribution < 1.29 is 8.83 Å². The lowest BCUT2D eigenvalue weighted by atomic mass is 9.82. The van der Waals surface area contributed by atoms with Crippen LogP contribution in [0, 0.1) is 0 Å². The first-order valence-corrected chi connectivity index (χ1v) is 18.6. The van der Waals surface area contributed by atoms with Crippen LogP contribution in [0.5, 0.6) is 0 Å². The van der Waals surface area contributed by atoms with Crippen molar-refractivity contribution in [2.24, 2.45) is 0 Å². The van der Waals surface area contributed by atoms with Crippen molar-refractivity contribution in [3.63, 3.8) is 0 Å². The highest BCUT2D eigenvalue weighted by Crippen LogP contribution is 2.53. The Morgan fingerprint density at radius 1 is 0.407 bits per heavy atom. The molecule has 3 heteroatoms. The van der Waals surface area contributed by atoms with Gasteiger partial charge in [-0.25, -0.2) is 0 Å². The third kappa shape index (κ3) is 4.48. The van der Waals surface area contributed by atoms with Crippen LogP contribution < -0.4 is 4.90 Å². The number of hydrogen-bond donors (Lipinski definition) is 0. The summed E-state index contributed by atoms with van der Waals surface area (Å²) in [7, 11) is 0. The molecule has 3 nitrogen and oxygen atoms in total. The standard InChI is InChI=1S/C51H35NO2/c1-51(2)42-19-11-9-17-38(42)39-26-25-36(31-43(39)51)52(35-23-21-33(22-24-35)32-13-5-3-6-14-32)49-37(34-15-7-4-8-16-34)27-28-41-48-46(54-50(41)49)30-29-45-47(48)40-18-10-12-20-44(40)53-45/h3-31H,1-2H3. The van der Waals surface area contributed by atoms with Gasteiger partial charge in [-0.05, 0) is 87.5 Å². The Bertz CT molecular complexity index is 3060. The van der Waals surface area contributed by atoms with Gasteiger partial charge in [0.25, 0.3) is 0 Å². The summed E-state index contributed by atoms with van der Waals surface area (Å²) in [6.07, 6.45) is 0. The highest BCUT2D eigenvalue weighted by atomic mass is 16.3. The highest BCUT2D eigenvalue weighted by molar-refractivity contribution is 6.27. The number of anilines is 3. The zero-order chi connectivity index (χ0) is 36.0. The molecule has 0 fully saturated rings. The number of para-hydroxylation sites is 1. The van der Waals surface area contributed by atoms with Crippen molar-refractivity contribution in [2.75, 3.05) is 4.90 Å². The molecule has 54 heavy (non-hydrogen) atoms. The highest BCUT2D eigenvalue weighted by Gasteiger charge is 2.36. The quantitative estimate of drug-likeness (QED) is 0.180. The van der Waals surface area contributed by atoms with E-state index < -0.39 is 0 Å². The zero-order valence-corrected chi connectivity index (χ0v) is 30.0. The van der Waals surface area contributed by atoms with Gasteiger partial charge in [0.1, 0.15) is 16.7 Å². The average molecular weight is 694 g/mol. The lowest BCUT2D eigenvalue weighted by Crippen LogP contribution is -2.17. The summed E-state index contributed by atoms with van der Waals surface area (Å²) in [5, 5.41) is 4.29. The van der Waals surface area contributed by atoms with Gasteiger partial charge in [0.05, 0.1) is 5.69 Å². The van der Waals surface area contributed by atoms with Gasteiger partial charge < -0.3 is 13.7 Å². The van der Waals surface area contributed by atoms with E-state index in [1.165, 1.54) is 33.4 Å². The molecule has 0 aliphatic heterocycles. The lowest BCUT2D eigenvalue weighted by molar-refractivity contribution is 0.660. The third-order valence-electron chi connectivity index (χ3n) is 11.5. The molecule has 8 aromatic carbocycles. The molecule has 0 amide bonds. The predicted octanol–water partition coefficient (Wildman–Crippen LogP) is 14.6. The number of furan rings is 2. The summed E-state index contributed by atoms with van der Waals surface area (Å²) >= 11 is 0. The van der Waals surface area contributed by atoms with Gasteiger partial charge in [0.2, 0.25) is 0 Å². The monoisotopic (exact) mass is 693 g/mol. The molecule has 0 bridgehead atoms. The summed E-state index contributed by atoms with van der Waals surface area (Å²) in [4.78, 5) is 2.41. The van der Waals surface area contributed by atoms with Crippen LogP contribution in [0.25, 0.3) is 77.3 Å². The van der Waals surface area contributed by atoms with Gasteiger partial charge in [-0.3, -0.25) is 0 Å². The summed E-state index contributed by atoms with van der Waals surface area (Å²) in [5.74, 6) is 0. The molecule has 0 spiro atoms. The van der Waals surface area contributed by atoms with Gasteiger partial charge >= 0.3 is 0 Å². The van der Waals surface area contributed by atoms with Crippen molar-refractivity contribution >= 4 is 60.9 Å². The molecule has 0 saturated heterocycles. The number of hydrogen-bond acceptors (Lipinski definition) is 3. The first kappa shape index (κ1) is 30.8. The number of nitrogens with zero attached hydrogens (tertiary/aromatic N) is 1. The van der Waals surface area contributed by atoms with Crippen LogP contribution in [0.1, 0.15) is 25.0 Å². The molecule has 0 N–H and O–H groups in total. The molecule has 2 heterocycles. The van der Waals surface area contributed by atoms with Gasteiger partial charge in [-0.15, -0.1) is 0 Å². The Labute approximate surface area is 313 Å². The second-order valence-electron chi connectivity index (χ2n) is 14.9. The van der Waals surface area contributed by atoms with E-state index >= 15 is 0 Å². The van der Waals surface area contributed by atoms with Gasteiger partial charge in [-0.2, -0.15) is 0 Å². The van der Waals surface area contributed by atoms with Gasteiger partial charge in [0, 0.05) is 43.9 Å². The van der Waals surface area contributed by atoms with Crippen LogP contribution >= 0.6 is 0 Å². The molecule has 0 atom stereocenters. The fourth-order valence-corrected chi connectivity index (χ4v) is 8.88. The Morgan fingerprint density at radius 3 is 1.80 bits per heavy atom. The molecule has 11 rings (SSSR count). The topological polar surface area (TPSA) is 29.5 Å². The molecule has 0 unspecified atom stereocenters. The molecule has 1 aliphatic carbocycles. The molecule has 0 radical (unpaired) electrons. The van der Waals surface area contributed by atoms with E-state index in [1.54, 1.807) is 0 Å². The van der Waals surface area contributed by atoms with Crippen LogP contribution in [-0.4, -0.2) is 0 Å². The van der Waals surface area contributed by atoms with Crippen LogP contribution in [0.3, 0.4) is 0 Å². The predicted molar refractivity (Wildman–Crippen MR) is 224 cm³/mol. The number of benzene rings is 8. The Morgan fingerprint density at radius 2 is 1.00 bits per heavy atom. The fraction of sp³-hybridized carbons (Fsp3) is 0.0588. The lowest BCUT2D eigenvalue weighted by Gasteiger charge is -2.30. The smallest absolute Gasteiger partial charge is 0.160 e. The largest absolute Gasteiger partial charge is 0.456 e. The molecule has 0 saturated carbocycles. The van der Waals surface area contributed by atoms with Crippen LogP contribution in [0.2, 0.25) is 0 Å². The maximum atomic E-state index is 7.09. The van der Waals surface area contributed by atoms with Crippen molar-refractivity contribution in [1.29, 1.82) is 0 Å². The molecule has 1 aliphatic rings. The summed E-state index contributed by atoms with van der Waals surface area (Å²) in [6.45, 7) is 4.69. The Hall–Kier alpha value is -6.84. The zero-order valence-electron chi connectivity index (χ0n) is 30.0. The molecular weight excluding hydrogens is 659 g/mol. The molecular formula is C51H35NO2. The summed E-state index contributed by atoms with van der Waals surface area (Å²) < 4.78 is 13.5. The second kappa shape index (κ2) is 11.6. The van der Waals surface area contributed by atoms with Crippen molar-refractivity contribution in [3.05, 3.63) is 187 Å². The van der Waals surface area contributed by atoms with E-state index in [9.17, 15) is 0 Å². The maximum absolute atomic E-state index is 7.09. The summed E-state index contributed by atoms with van der Waals surface area (Å²) in [5.41, 5.74) is 16.2. The van der Waals surface area contributed by atoms with Crippen LogP contribution in [0.4, 0.5) is 17.1 Å². The van der Waals surface area contributed by atoms with E-state index in [0.29, 0.717) is 0 Å². The maximum Gasteiger partial charge on any atom is 0.160 e. The minimum absolute atomic E-state index is 0.160. The van der Waals surface area contributed by atoms with E-state index in [1.807, 2.05) is 18.2 Å². The second-order valence-corrected chi connectivity index (χ2v) is 14.9. The van der Waals surface area contributed by atoms with Crippen molar-refractivity contribution in [1.82, 2.24) is 0 Å².